The first-order valence-corrected chi connectivity index (χ1v) is 7.65. The van der Waals surface area contributed by atoms with Gasteiger partial charge in [-0.2, -0.15) is 5.10 Å². The summed E-state index contributed by atoms with van der Waals surface area (Å²) in [6, 6.07) is 13.9. The van der Waals surface area contributed by atoms with Crippen LogP contribution in [-0.2, 0) is 4.79 Å². The van der Waals surface area contributed by atoms with Gasteiger partial charge in [-0.1, -0.05) is 30.3 Å². The van der Waals surface area contributed by atoms with E-state index in [4.69, 9.17) is 5.21 Å². The number of hydrogen-bond donors (Lipinski definition) is 4. The Morgan fingerprint density at radius 1 is 1.08 bits per heavy atom. The van der Waals surface area contributed by atoms with Crippen LogP contribution in [0, 0.1) is 0 Å². The Morgan fingerprint density at radius 3 is 2.54 bits per heavy atom. The van der Waals surface area contributed by atoms with Gasteiger partial charge in [0.1, 0.15) is 6.33 Å². The second-order valence-corrected chi connectivity index (χ2v) is 5.26. The molecule has 0 aliphatic heterocycles. The molecule has 0 radical (unpaired) electrons. The van der Waals surface area contributed by atoms with Gasteiger partial charge in [-0.25, -0.2) is 10.5 Å². The number of hydrogen-bond acceptors (Lipinski definition) is 5. The molecular weight excluding hydrogens is 334 g/mol. The number of nitrogens with zero attached hydrogens (tertiary/aromatic N) is 2. The summed E-state index contributed by atoms with van der Waals surface area (Å²) in [5.41, 5.74) is 3.97. The smallest absolute Gasteiger partial charge is 0.267 e. The molecule has 3 aromatic rings. The van der Waals surface area contributed by atoms with Crippen molar-refractivity contribution in [2.24, 2.45) is 0 Å². The van der Waals surface area contributed by atoms with Crippen LogP contribution in [0.25, 0.3) is 17.5 Å². The van der Waals surface area contributed by atoms with Crippen LogP contribution in [0.1, 0.15) is 15.9 Å². The molecule has 1 aromatic heterocycles. The van der Waals surface area contributed by atoms with Gasteiger partial charge in [0.05, 0.1) is 0 Å². The Balaban J connectivity index is 1.76. The zero-order valence-electron chi connectivity index (χ0n) is 13.5. The van der Waals surface area contributed by atoms with Crippen molar-refractivity contribution in [2.45, 2.75) is 0 Å². The number of H-pyrrole nitrogens is 1. The van der Waals surface area contributed by atoms with E-state index in [1.54, 1.807) is 48.5 Å². The van der Waals surface area contributed by atoms with Crippen molar-refractivity contribution in [3.8, 4) is 11.4 Å². The standard InChI is InChI=1S/C18H15N5O3/c24-16(23-26)10-9-12-3-1-2-4-15(12)21-18(25)14-7-5-13(6-8-14)17-19-11-20-22-17/h1-11,26H,(H,21,25)(H,23,24)(H,19,20,22)/b10-9+. The van der Waals surface area contributed by atoms with E-state index in [2.05, 4.69) is 20.5 Å². The third-order valence-electron chi connectivity index (χ3n) is 3.57. The van der Waals surface area contributed by atoms with Crippen molar-refractivity contribution in [3.05, 3.63) is 72.1 Å². The van der Waals surface area contributed by atoms with Gasteiger partial charge in [-0.05, 0) is 29.8 Å². The van der Waals surface area contributed by atoms with E-state index < -0.39 is 5.91 Å². The fourth-order valence-corrected chi connectivity index (χ4v) is 2.28. The van der Waals surface area contributed by atoms with Gasteiger partial charge in [0.2, 0.25) is 0 Å². The lowest BCUT2D eigenvalue weighted by molar-refractivity contribution is -0.124. The zero-order chi connectivity index (χ0) is 18.4. The molecule has 8 heteroatoms. The number of amides is 2. The number of aromatic nitrogens is 3. The van der Waals surface area contributed by atoms with Gasteiger partial charge in [0.15, 0.2) is 5.82 Å². The van der Waals surface area contributed by atoms with Crippen LogP contribution in [0.4, 0.5) is 5.69 Å². The second-order valence-electron chi connectivity index (χ2n) is 5.26. The third kappa shape index (κ3) is 4.00. The number of carbonyl (C=O) groups is 2. The normalized spacial score (nSPS) is 10.7. The first kappa shape index (κ1) is 17.1. The molecule has 0 bridgehead atoms. The molecule has 0 aliphatic rings. The maximum atomic E-state index is 12.5. The molecule has 0 saturated carbocycles. The first-order chi connectivity index (χ1) is 12.7. The molecule has 0 unspecified atom stereocenters. The number of anilines is 1. The quantitative estimate of drug-likeness (QED) is 0.320. The molecule has 0 spiro atoms. The van der Waals surface area contributed by atoms with Crippen LogP contribution >= 0.6 is 0 Å². The van der Waals surface area contributed by atoms with Crippen molar-refractivity contribution >= 4 is 23.6 Å². The van der Waals surface area contributed by atoms with Crippen LogP contribution in [-0.4, -0.2) is 32.2 Å². The summed E-state index contributed by atoms with van der Waals surface area (Å²) in [4.78, 5) is 27.6. The molecule has 8 nitrogen and oxygen atoms in total. The molecule has 0 fully saturated rings. The highest BCUT2D eigenvalue weighted by molar-refractivity contribution is 6.05. The van der Waals surface area contributed by atoms with Crippen molar-refractivity contribution in [2.75, 3.05) is 5.32 Å². The molecular formula is C18H15N5O3. The molecule has 3 rings (SSSR count). The Bertz CT molecular complexity index is 934. The van der Waals surface area contributed by atoms with E-state index in [9.17, 15) is 9.59 Å². The maximum absolute atomic E-state index is 12.5. The Kier molecular flexibility index (Phi) is 5.16. The highest BCUT2D eigenvalue weighted by atomic mass is 16.5. The van der Waals surface area contributed by atoms with Gasteiger partial charge < -0.3 is 5.32 Å². The number of carbonyl (C=O) groups excluding carboxylic acids is 2. The van der Waals surface area contributed by atoms with Crippen LogP contribution < -0.4 is 10.8 Å². The number of para-hydroxylation sites is 1. The van der Waals surface area contributed by atoms with Crippen molar-refractivity contribution in [1.29, 1.82) is 0 Å². The number of benzene rings is 2. The topological polar surface area (TPSA) is 120 Å². The van der Waals surface area contributed by atoms with Gasteiger partial charge >= 0.3 is 0 Å². The average molecular weight is 349 g/mol. The predicted octanol–water partition coefficient (Wildman–Crippen LogP) is 2.24. The molecule has 0 aliphatic carbocycles. The SMILES string of the molecule is O=C(/C=C/c1ccccc1NC(=O)c1ccc(-c2ncn[nH]2)cc1)NO. The fraction of sp³-hybridized carbons (Fsp3) is 0. The predicted molar refractivity (Wildman–Crippen MR) is 95.2 cm³/mol. The summed E-state index contributed by atoms with van der Waals surface area (Å²) in [6.45, 7) is 0. The molecule has 4 N–H and O–H groups in total. The largest absolute Gasteiger partial charge is 0.321 e. The van der Waals surface area contributed by atoms with Gasteiger partial charge in [-0.3, -0.25) is 19.9 Å². The Labute approximate surface area is 148 Å². The van der Waals surface area contributed by atoms with E-state index in [0.29, 0.717) is 22.6 Å². The molecule has 0 saturated heterocycles. The zero-order valence-corrected chi connectivity index (χ0v) is 13.5. The Morgan fingerprint density at radius 2 is 1.85 bits per heavy atom. The molecule has 0 atom stereocenters. The summed E-state index contributed by atoms with van der Waals surface area (Å²) >= 11 is 0. The van der Waals surface area contributed by atoms with Crippen LogP contribution in [0.3, 0.4) is 0 Å². The number of rotatable bonds is 5. The van der Waals surface area contributed by atoms with Gasteiger partial charge in [-0.15, -0.1) is 0 Å². The maximum Gasteiger partial charge on any atom is 0.267 e. The molecule has 130 valence electrons. The minimum Gasteiger partial charge on any atom is -0.321 e. The van der Waals surface area contributed by atoms with Crippen LogP contribution in [0.15, 0.2) is 60.9 Å². The first-order valence-electron chi connectivity index (χ1n) is 7.65. The Hall–Kier alpha value is -3.78. The summed E-state index contributed by atoms with van der Waals surface area (Å²) in [6.07, 6.45) is 4.07. The van der Waals surface area contributed by atoms with E-state index in [0.717, 1.165) is 11.6 Å². The van der Waals surface area contributed by atoms with E-state index in [-0.39, 0.29) is 5.91 Å². The highest BCUT2D eigenvalue weighted by Crippen LogP contribution is 2.19. The lowest BCUT2D eigenvalue weighted by atomic mass is 10.1. The fourth-order valence-electron chi connectivity index (χ4n) is 2.28. The van der Waals surface area contributed by atoms with Crippen molar-refractivity contribution in [3.63, 3.8) is 0 Å². The molecule has 26 heavy (non-hydrogen) atoms. The van der Waals surface area contributed by atoms with Crippen LogP contribution in [0.5, 0.6) is 0 Å². The highest BCUT2D eigenvalue weighted by Gasteiger charge is 2.09. The average Bonchev–Trinajstić information content (AvgIpc) is 3.22. The van der Waals surface area contributed by atoms with E-state index in [1.165, 1.54) is 17.9 Å². The summed E-state index contributed by atoms with van der Waals surface area (Å²) in [5.74, 6) is -0.328. The minimum atomic E-state index is -0.658. The molecule has 1 heterocycles. The number of nitrogens with one attached hydrogen (secondary N) is 3. The monoisotopic (exact) mass is 349 g/mol. The van der Waals surface area contributed by atoms with Crippen molar-refractivity contribution < 1.29 is 14.8 Å². The second kappa shape index (κ2) is 7.86. The van der Waals surface area contributed by atoms with E-state index in [1.807, 2.05) is 0 Å². The summed E-state index contributed by atoms with van der Waals surface area (Å²) in [5, 5.41) is 17.9. The third-order valence-corrected chi connectivity index (χ3v) is 3.57. The minimum absolute atomic E-state index is 0.290. The van der Waals surface area contributed by atoms with E-state index >= 15 is 0 Å². The number of hydroxylamine groups is 1. The number of aromatic amines is 1. The molecule has 2 aromatic carbocycles. The van der Waals surface area contributed by atoms with Gasteiger partial charge in [0, 0.05) is 22.9 Å². The lowest BCUT2D eigenvalue weighted by Gasteiger charge is -2.09. The summed E-state index contributed by atoms with van der Waals surface area (Å²) in [7, 11) is 0. The molecule has 2 amide bonds. The summed E-state index contributed by atoms with van der Waals surface area (Å²) < 4.78 is 0. The van der Waals surface area contributed by atoms with Crippen molar-refractivity contribution in [1.82, 2.24) is 20.7 Å². The van der Waals surface area contributed by atoms with Crippen LogP contribution in [0.2, 0.25) is 0 Å². The van der Waals surface area contributed by atoms with Gasteiger partial charge in [0.25, 0.3) is 11.8 Å². The lowest BCUT2D eigenvalue weighted by Crippen LogP contribution is -2.15.